The van der Waals surface area contributed by atoms with E-state index >= 15 is 0 Å². The molecule has 1 aromatic heterocycles. The van der Waals surface area contributed by atoms with Gasteiger partial charge in [-0.25, -0.2) is 0 Å². The van der Waals surface area contributed by atoms with Gasteiger partial charge in [0.1, 0.15) is 11.2 Å². The molecule has 0 saturated carbocycles. The van der Waals surface area contributed by atoms with Gasteiger partial charge in [-0.3, -0.25) is 0 Å². The molecule has 0 N–H and O–H groups in total. The van der Waals surface area contributed by atoms with E-state index in [4.69, 9.17) is 4.42 Å². The zero-order valence-corrected chi connectivity index (χ0v) is 31.9. The van der Waals surface area contributed by atoms with Gasteiger partial charge in [0.15, 0.2) is 0 Å². The van der Waals surface area contributed by atoms with Gasteiger partial charge in [-0.05, 0) is 109 Å². The van der Waals surface area contributed by atoms with Gasteiger partial charge in [0, 0.05) is 33.1 Å². The van der Waals surface area contributed by atoms with Crippen molar-refractivity contribution in [1.82, 2.24) is 0 Å². The molecule has 2 nitrogen and oxygen atoms in total. The third kappa shape index (κ3) is 5.33. The second kappa shape index (κ2) is 13.0. The van der Waals surface area contributed by atoms with Crippen LogP contribution in [0.2, 0.25) is 0 Å². The zero-order chi connectivity index (χ0) is 38.1. The fourth-order valence-corrected chi connectivity index (χ4v) is 9.30. The Morgan fingerprint density at radius 3 is 1.79 bits per heavy atom. The maximum atomic E-state index is 6.63. The second-order valence-electron chi connectivity index (χ2n) is 15.7. The lowest BCUT2D eigenvalue weighted by Crippen LogP contribution is -2.17. The van der Waals surface area contributed by atoms with E-state index in [1.807, 2.05) is 0 Å². The summed E-state index contributed by atoms with van der Waals surface area (Å²) in [7, 11) is 0. The highest BCUT2D eigenvalue weighted by Crippen LogP contribution is 2.53. The van der Waals surface area contributed by atoms with Crippen LogP contribution in [0.4, 0.5) is 17.1 Å². The molecule has 1 aliphatic rings. The standard InChI is InChI=1S/C55H39NO/c1-55(2)48-26-13-11-23-44(48)45-29-28-41(35-49(45)55)56(42-33-39(36-16-5-3-6-17-36)32-40(34-42)37-18-7-4-8-19-37)50-30-31-52-54(47-24-12-14-27-51(47)57-52)53(50)46-25-15-21-38-20-9-10-22-43(38)46/h3-35H,1-2H3. The van der Waals surface area contributed by atoms with Crippen LogP contribution in [-0.2, 0) is 5.41 Å². The summed E-state index contributed by atoms with van der Waals surface area (Å²) in [6, 6.07) is 72.8. The molecule has 2 heteroatoms. The predicted octanol–water partition coefficient (Wildman–Crippen LogP) is 15.5. The highest BCUT2D eigenvalue weighted by molar-refractivity contribution is 6.19. The number of hydrogen-bond acceptors (Lipinski definition) is 2. The van der Waals surface area contributed by atoms with Crippen LogP contribution in [0.15, 0.2) is 205 Å². The molecule has 11 rings (SSSR count). The summed E-state index contributed by atoms with van der Waals surface area (Å²) in [4.78, 5) is 2.50. The van der Waals surface area contributed by atoms with Crippen LogP contribution >= 0.6 is 0 Å². The number of benzene rings is 9. The predicted molar refractivity (Wildman–Crippen MR) is 240 cm³/mol. The maximum Gasteiger partial charge on any atom is 0.136 e. The van der Waals surface area contributed by atoms with E-state index in [1.54, 1.807) is 0 Å². The number of para-hydroxylation sites is 1. The fourth-order valence-electron chi connectivity index (χ4n) is 9.30. The Hall–Kier alpha value is -7.16. The molecule has 57 heavy (non-hydrogen) atoms. The zero-order valence-electron chi connectivity index (χ0n) is 31.9. The SMILES string of the molecule is CC1(C)c2ccccc2-c2ccc(N(c3cc(-c4ccccc4)cc(-c4ccccc4)c3)c3ccc4oc5ccccc5c4c3-c3cccc4ccccc34)cc21. The highest BCUT2D eigenvalue weighted by atomic mass is 16.3. The van der Waals surface area contributed by atoms with Crippen LogP contribution in [0, 0.1) is 0 Å². The van der Waals surface area contributed by atoms with Crippen LogP contribution in [0.25, 0.3) is 77.2 Å². The van der Waals surface area contributed by atoms with Crippen molar-refractivity contribution in [3.8, 4) is 44.5 Å². The first-order valence-corrected chi connectivity index (χ1v) is 19.8. The Morgan fingerprint density at radius 2 is 1.02 bits per heavy atom. The van der Waals surface area contributed by atoms with Crippen molar-refractivity contribution in [3.63, 3.8) is 0 Å². The number of anilines is 3. The molecule has 0 atom stereocenters. The largest absolute Gasteiger partial charge is 0.456 e. The van der Waals surface area contributed by atoms with Crippen molar-refractivity contribution < 1.29 is 4.42 Å². The van der Waals surface area contributed by atoms with Gasteiger partial charge in [0.05, 0.1) is 5.69 Å². The summed E-state index contributed by atoms with van der Waals surface area (Å²) in [6.07, 6.45) is 0. The molecule has 0 fully saturated rings. The lowest BCUT2D eigenvalue weighted by atomic mass is 9.82. The Kier molecular flexibility index (Phi) is 7.55. The van der Waals surface area contributed by atoms with Crippen LogP contribution < -0.4 is 4.90 Å². The Morgan fingerprint density at radius 1 is 0.404 bits per heavy atom. The number of furan rings is 1. The maximum absolute atomic E-state index is 6.63. The van der Waals surface area contributed by atoms with E-state index in [-0.39, 0.29) is 5.41 Å². The Labute approximate surface area is 332 Å². The van der Waals surface area contributed by atoms with Crippen molar-refractivity contribution in [3.05, 3.63) is 211 Å². The molecule has 1 heterocycles. The highest BCUT2D eigenvalue weighted by Gasteiger charge is 2.36. The molecule has 0 bridgehead atoms. The molecule has 0 saturated heterocycles. The van der Waals surface area contributed by atoms with E-state index in [0.29, 0.717) is 0 Å². The summed E-state index contributed by atoms with van der Waals surface area (Å²) in [6.45, 7) is 4.72. The van der Waals surface area contributed by atoms with Crippen LogP contribution in [0.3, 0.4) is 0 Å². The molecule has 10 aromatic rings. The molecule has 0 radical (unpaired) electrons. The van der Waals surface area contributed by atoms with Gasteiger partial charge in [0.2, 0.25) is 0 Å². The van der Waals surface area contributed by atoms with Gasteiger partial charge < -0.3 is 9.32 Å². The smallest absolute Gasteiger partial charge is 0.136 e. The molecular formula is C55H39NO. The molecule has 9 aromatic carbocycles. The summed E-state index contributed by atoms with van der Waals surface area (Å²) in [5.41, 5.74) is 17.1. The molecule has 0 unspecified atom stereocenters. The summed E-state index contributed by atoms with van der Waals surface area (Å²) in [5.74, 6) is 0. The van der Waals surface area contributed by atoms with Crippen LogP contribution in [-0.4, -0.2) is 0 Å². The van der Waals surface area contributed by atoms with Crippen molar-refractivity contribution in [2.24, 2.45) is 0 Å². The molecule has 1 aliphatic carbocycles. The minimum Gasteiger partial charge on any atom is -0.456 e. The van der Waals surface area contributed by atoms with Crippen molar-refractivity contribution in [1.29, 1.82) is 0 Å². The summed E-state index contributed by atoms with van der Waals surface area (Å²) >= 11 is 0. The van der Waals surface area contributed by atoms with Gasteiger partial charge in [-0.2, -0.15) is 0 Å². The lowest BCUT2D eigenvalue weighted by molar-refractivity contribution is 0.660. The Balaban J connectivity index is 1.27. The van der Waals surface area contributed by atoms with E-state index in [0.717, 1.165) is 55.7 Å². The minimum absolute atomic E-state index is 0.169. The number of fused-ring (bicyclic) bond motifs is 7. The summed E-state index contributed by atoms with van der Waals surface area (Å²) in [5, 5.41) is 4.62. The molecule has 270 valence electrons. The molecular weight excluding hydrogens is 691 g/mol. The van der Waals surface area contributed by atoms with Gasteiger partial charge in [-0.15, -0.1) is 0 Å². The number of hydrogen-bond donors (Lipinski definition) is 0. The third-order valence-electron chi connectivity index (χ3n) is 12.0. The van der Waals surface area contributed by atoms with Crippen molar-refractivity contribution >= 4 is 49.8 Å². The summed E-state index contributed by atoms with van der Waals surface area (Å²) < 4.78 is 6.63. The lowest BCUT2D eigenvalue weighted by Gasteiger charge is -2.31. The van der Waals surface area contributed by atoms with Crippen LogP contribution in [0.1, 0.15) is 25.0 Å². The monoisotopic (exact) mass is 729 g/mol. The van der Waals surface area contributed by atoms with Crippen LogP contribution in [0.5, 0.6) is 0 Å². The third-order valence-corrected chi connectivity index (χ3v) is 12.0. The second-order valence-corrected chi connectivity index (χ2v) is 15.7. The van der Waals surface area contributed by atoms with Gasteiger partial charge >= 0.3 is 0 Å². The first-order valence-electron chi connectivity index (χ1n) is 19.8. The number of nitrogens with zero attached hydrogens (tertiary/aromatic N) is 1. The van der Waals surface area contributed by atoms with Crippen molar-refractivity contribution in [2.45, 2.75) is 19.3 Å². The number of rotatable bonds is 6. The Bertz CT molecular complexity index is 3090. The van der Waals surface area contributed by atoms with Gasteiger partial charge in [0.25, 0.3) is 0 Å². The van der Waals surface area contributed by atoms with E-state index in [1.165, 1.54) is 49.7 Å². The molecule has 0 aliphatic heterocycles. The molecule has 0 spiro atoms. The fraction of sp³-hybridized carbons (Fsp3) is 0.0545. The average molecular weight is 730 g/mol. The minimum atomic E-state index is -0.169. The topological polar surface area (TPSA) is 16.4 Å². The van der Waals surface area contributed by atoms with E-state index < -0.39 is 0 Å². The van der Waals surface area contributed by atoms with E-state index in [2.05, 4.69) is 219 Å². The molecule has 0 amide bonds. The van der Waals surface area contributed by atoms with Crippen molar-refractivity contribution in [2.75, 3.05) is 4.90 Å². The first-order chi connectivity index (χ1) is 28.0. The van der Waals surface area contributed by atoms with Gasteiger partial charge in [-0.1, -0.05) is 166 Å². The normalized spacial score (nSPS) is 12.9. The average Bonchev–Trinajstić information content (AvgIpc) is 3.76. The first kappa shape index (κ1) is 33.2. The quantitative estimate of drug-likeness (QED) is 0.169. The van der Waals surface area contributed by atoms with E-state index in [9.17, 15) is 0 Å².